The molecule has 6 nitrogen and oxygen atoms in total. The van der Waals surface area contributed by atoms with Gasteiger partial charge in [-0.3, -0.25) is 0 Å². The van der Waals surface area contributed by atoms with Gasteiger partial charge < -0.3 is 15.3 Å². The van der Waals surface area contributed by atoms with Gasteiger partial charge in [-0.2, -0.15) is 9.61 Å². The SMILES string of the molecule is CCC(C)CN1CCCC(CNc2cc(-c3ccccc3O)nc3c(Br)cnn23)C1. The van der Waals surface area contributed by atoms with E-state index in [1.165, 1.54) is 32.4 Å². The zero-order valence-electron chi connectivity index (χ0n) is 17.7. The summed E-state index contributed by atoms with van der Waals surface area (Å²) in [4.78, 5) is 7.34. The lowest BCUT2D eigenvalue weighted by molar-refractivity contribution is 0.158. The predicted molar refractivity (Wildman–Crippen MR) is 125 cm³/mol. The van der Waals surface area contributed by atoms with Crippen LogP contribution in [0.1, 0.15) is 33.1 Å². The number of halogens is 1. The molecule has 2 aromatic heterocycles. The largest absolute Gasteiger partial charge is 0.507 e. The van der Waals surface area contributed by atoms with Gasteiger partial charge in [-0.05, 0) is 59.3 Å². The standard InChI is InChI=1S/C23H30BrN5O/c1-3-16(2)14-28-10-6-7-17(15-28)12-25-22-11-20(18-8-4-5-9-21(18)30)27-23-19(24)13-26-29(22)23/h4-5,8-9,11,13,16-17,25,30H,3,6-7,10,12,14-15H2,1-2H3. The minimum Gasteiger partial charge on any atom is -0.507 e. The van der Waals surface area contributed by atoms with Crippen molar-refractivity contribution in [3.05, 3.63) is 41.0 Å². The minimum atomic E-state index is 0.226. The molecule has 0 amide bonds. The number of para-hydroxylation sites is 1. The number of hydrogen-bond acceptors (Lipinski definition) is 5. The summed E-state index contributed by atoms with van der Waals surface area (Å²) in [7, 11) is 0. The maximum absolute atomic E-state index is 10.3. The van der Waals surface area contributed by atoms with Gasteiger partial charge in [0, 0.05) is 31.3 Å². The van der Waals surface area contributed by atoms with Crippen molar-refractivity contribution >= 4 is 27.4 Å². The first-order valence-electron chi connectivity index (χ1n) is 10.8. The number of aromatic hydroxyl groups is 1. The van der Waals surface area contributed by atoms with E-state index < -0.39 is 0 Å². The third-order valence-electron chi connectivity index (χ3n) is 6.05. The summed E-state index contributed by atoms with van der Waals surface area (Å²) >= 11 is 3.55. The van der Waals surface area contributed by atoms with E-state index in [4.69, 9.17) is 4.98 Å². The van der Waals surface area contributed by atoms with E-state index >= 15 is 0 Å². The molecule has 0 spiro atoms. The van der Waals surface area contributed by atoms with Crippen molar-refractivity contribution in [2.45, 2.75) is 33.1 Å². The highest BCUT2D eigenvalue weighted by Gasteiger charge is 2.21. The lowest BCUT2D eigenvalue weighted by atomic mass is 9.96. The van der Waals surface area contributed by atoms with Crippen LogP contribution in [0.15, 0.2) is 41.0 Å². The fourth-order valence-electron chi connectivity index (χ4n) is 4.19. The van der Waals surface area contributed by atoms with Crippen LogP contribution in [-0.4, -0.2) is 50.8 Å². The molecule has 30 heavy (non-hydrogen) atoms. The Balaban J connectivity index is 1.54. The van der Waals surface area contributed by atoms with Crippen LogP contribution in [0.2, 0.25) is 0 Å². The van der Waals surface area contributed by atoms with E-state index in [2.05, 4.69) is 45.1 Å². The quantitative estimate of drug-likeness (QED) is 0.505. The normalized spacial score (nSPS) is 18.6. The number of nitrogens with zero attached hydrogens (tertiary/aromatic N) is 4. The smallest absolute Gasteiger partial charge is 0.172 e. The Morgan fingerprint density at radius 3 is 2.97 bits per heavy atom. The lowest BCUT2D eigenvalue weighted by Gasteiger charge is -2.34. The van der Waals surface area contributed by atoms with Gasteiger partial charge in [0.25, 0.3) is 0 Å². The molecule has 2 N–H and O–H groups in total. The molecule has 1 aliphatic heterocycles. The van der Waals surface area contributed by atoms with Crippen LogP contribution in [-0.2, 0) is 0 Å². The summed E-state index contributed by atoms with van der Waals surface area (Å²) < 4.78 is 2.66. The average Bonchev–Trinajstić information content (AvgIpc) is 3.13. The number of aromatic nitrogens is 3. The summed E-state index contributed by atoms with van der Waals surface area (Å²) in [5, 5.41) is 18.4. The van der Waals surface area contributed by atoms with E-state index in [0.717, 1.165) is 40.6 Å². The van der Waals surface area contributed by atoms with Crippen molar-refractivity contribution in [2.24, 2.45) is 11.8 Å². The highest BCUT2D eigenvalue weighted by atomic mass is 79.9. The summed E-state index contributed by atoms with van der Waals surface area (Å²) in [6.45, 7) is 9.05. The number of phenolic OH excluding ortho intramolecular Hbond substituents is 1. The third kappa shape index (κ3) is 4.62. The highest BCUT2D eigenvalue weighted by molar-refractivity contribution is 9.10. The Hall–Kier alpha value is -2.12. The molecule has 1 aliphatic rings. The first kappa shape index (κ1) is 21.1. The Bertz CT molecular complexity index is 1000. The maximum atomic E-state index is 10.3. The van der Waals surface area contributed by atoms with Gasteiger partial charge >= 0.3 is 0 Å². The second-order valence-corrected chi connectivity index (χ2v) is 9.29. The number of rotatable bonds is 7. The van der Waals surface area contributed by atoms with Crippen molar-refractivity contribution in [1.82, 2.24) is 19.5 Å². The zero-order valence-corrected chi connectivity index (χ0v) is 19.3. The zero-order chi connectivity index (χ0) is 21.1. The monoisotopic (exact) mass is 471 g/mol. The van der Waals surface area contributed by atoms with Crippen LogP contribution >= 0.6 is 15.9 Å². The minimum absolute atomic E-state index is 0.226. The summed E-state index contributed by atoms with van der Waals surface area (Å²) in [6.07, 6.45) is 5.49. The maximum Gasteiger partial charge on any atom is 0.172 e. The Morgan fingerprint density at radius 1 is 1.33 bits per heavy atom. The summed E-state index contributed by atoms with van der Waals surface area (Å²) in [5.41, 5.74) is 2.18. The molecular formula is C23H30BrN5O. The van der Waals surface area contributed by atoms with Gasteiger partial charge in [-0.1, -0.05) is 32.4 Å². The molecule has 1 saturated heterocycles. The Labute approximate surface area is 186 Å². The van der Waals surface area contributed by atoms with Crippen molar-refractivity contribution < 1.29 is 5.11 Å². The number of anilines is 1. The molecule has 160 valence electrons. The van der Waals surface area contributed by atoms with Crippen molar-refractivity contribution in [3.8, 4) is 17.0 Å². The average molecular weight is 472 g/mol. The molecule has 0 aliphatic carbocycles. The molecule has 0 bridgehead atoms. The van der Waals surface area contributed by atoms with Crippen molar-refractivity contribution in [1.29, 1.82) is 0 Å². The Kier molecular flexibility index (Phi) is 6.58. The Morgan fingerprint density at radius 2 is 2.17 bits per heavy atom. The van der Waals surface area contributed by atoms with Gasteiger partial charge in [-0.25, -0.2) is 4.98 Å². The molecule has 3 heterocycles. The molecule has 7 heteroatoms. The van der Waals surface area contributed by atoms with E-state index in [-0.39, 0.29) is 5.75 Å². The van der Waals surface area contributed by atoms with E-state index in [1.54, 1.807) is 12.3 Å². The molecule has 3 aromatic rings. The van der Waals surface area contributed by atoms with Crippen LogP contribution in [0.3, 0.4) is 0 Å². The van der Waals surface area contributed by atoms with Crippen LogP contribution in [0.25, 0.3) is 16.9 Å². The van der Waals surface area contributed by atoms with Gasteiger partial charge in [0.2, 0.25) is 0 Å². The van der Waals surface area contributed by atoms with Gasteiger partial charge in [-0.15, -0.1) is 0 Å². The van der Waals surface area contributed by atoms with Crippen LogP contribution < -0.4 is 5.32 Å². The number of fused-ring (bicyclic) bond motifs is 1. The van der Waals surface area contributed by atoms with Gasteiger partial charge in [0.15, 0.2) is 5.65 Å². The molecule has 1 aromatic carbocycles. The van der Waals surface area contributed by atoms with Crippen LogP contribution in [0.5, 0.6) is 5.75 Å². The molecule has 0 radical (unpaired) electrons. The first-order valence-corrected chi connectivity index (χ1v) is 11.6. The summed E-state index contributed by atoms with van der Waals surface area (Å²) in [6, 6.07) is 9.28. The van der Waals surface area contributed by atoms with Crippen molar-refractivity contribution in [2.75, 3.05) is 31.5 Å². The molecule has 0 saturated carbocycles. The highest BCUT2D eigenvalue weighted by Crippen LogP contribution is 2.31. The van der Waals surface area contributed by atoms with Gasteiger partial charge in [0.1, 0.15) is 11.6 Å². The molecule has 2 atom stereocenters. The fraction of sp³-hybridized carbons (Fsp3) is 0.478. The van der Waals surface area contributed by atoms with E-state index in [9.17, 15) is 5.11 Å². The van der Waals surface area contributed by atoms with Crippen molar-refractivity contribution in [3.63, 3.8) is 0 Å². The summed E-state index contributed by atoms with van der Waals surface area (Å²) in [5.74, 6) is 2.48. The number of benzene rings is 1. The van der Waals surface area contributed by atoms with Crippen LogP contribution in [0, 0.1) is 11.8 Å². The lowest BCUT2D eigenvalue weighted by Crippen LogP contribution is -2.40. The second kappa shape index (κ2) is 9.35. The number of piperidine rings is 1. The number of hydrogen-bond donors (Lipinski definition) is 2. The third-order valence-corrected chi connectivity index (χ3v) is 6.61. The first-order chi connectivity index (χ1) is 14.5. The molecule has 1 fully saturated rings. The van der Waals surface area contributed by atoms with E-state index in [1.807, 2.05) is 28.8 Å². The molecular weight excluding hydrogens is 442 g/mol. The molecule has 2 unspecified atom stereocenters. The second-order valence-electron chi connectivity index (χ2n) is 8.43. The molecule has 4 rings (SSSR count). The number of nitrogens with one attached hydrogen (secondary N) is 1. The van der Waals surface area contributed by atoms with Gasteiger partial charge in [0.05, 0.1) is 16.4 Å². The predicted octanol–water partition coefficient (Wildman–Crippen LogP) is 5.03. The van der Waals surface area contributed by atoms with E-state index in [0.29, 0.717) is 11.5 Å². The fourth-order valence-corrected chi connectivity index (χ4v) is 4.54. The van der Waals surface area contributed by atoms with Crippen LogP contribution in [0.4, 0.5) is 5.82 Å². The topological polar surface area (TPSA) is 65.7 Å². The number of likely N-dealkylation sites (tertiary alicyclic amines) is 1. The number of phenols is 1.